The predicted molar refractivity (Wildman–Crippen MR) is 27.9 cm³/mol. The molecule has 3 heteroatoms. The number of hydrogen-bond donors (Lipinski definition) is 1. The molecule has 0 spiro atoms. The summed E-state index contributed by atoms with van der Waals surface area (Å²) in [5.74, 6) is 0. The summed E-state index contributed by atoms with van der Waals surface area (Å²) in [7, 11) is 0. The van der Waals surface area contributed by atoms with Crippen molar-refractivity contribution in [1.29, 1.82) is 0 Å². The highest BCUT2D eigenvalue weighted by Gasteiger charge is 0.901. The third-order valence-corrected chi connectivity index (χ3v) is 0. The van der Waals surface area contributed by atoms with Crippen molar-refractivity contribution >= 4 is 33.4 Å². The van der Waals surface area contributed by atoms with E-state index in [-0.39, 0.29) is 20.8 Å². The van der Waals surface area contributed by atoms with Crippen LogP contribution in [0.1, 0.15) is 0 Å². The molecule has 0 rings (SSSR count). The van der Waals surface area contributed by atoms with E-state index in [0.29, 0.717) is 0 Å². The second-order valence-corrected chi connectivity index (χ2v) is 0. The van der Waals surface area contributed by atoms with Gasteiger partial charge in [0, 0.05) is 8.41 Å². The molecule has 0 aromatic rings. The fourth-order valence-electron chi connectivity index (χ4n) is 0. The minimum Gasteiger partial charge on any atom is -0.183 e. The molecule has 0 aromatic carbocycles. The topological polar surface area (TPSA) is 0 Å². The molecule has 0 nitrogen and oxygen atoms in total. The Balaban J connectivity index is -0.00000000500. The van der Waals surface area contributed by atoms with Gasteiger partial charge in [0.05, 0.1) is 0 Å². The molecule has 0 unspecified atom stereocenters. The lowest BCUT2D eigenvalue weighted by Gasteiger charge is -1.11. The van der Waals surface area contributed by atoms with E-state index in [1.165, 1.54) is 0 Å². The first-order chi connectivity index (χ1) is 1.00. The highest BCUT2D eigenvalue weighted by atomic mass is 35.5. The Kier molecular flexibility index (Phi) is 303. The monoisotopic (exact) mass is 95.0 g/mol. The first-order valence-electron chi connectivity index (χ1n) is 0.447. The van der Waals surface area contributed by atoms with E-state index in [4.69, 9.17) is 0 Å². The molecule has 0 saturated carbocycles. The van der Waals surface area contributed by atoms with Crippen LogP contribution >= 0.6 is 25.0 Å². The molecule has 0 aliphatic heterocycles. The van der Waals surface area contributed by atoms with Crippen LogP contribution in [0.15, 0.2) is 0 Å². The van der Waals surface area contributed by atoms with Gasteiger partial charge >= 0.3 is 0 Å². The molecule has 3 radical (unpaired) electrons. The first-order valence-corrected chi connectivity index (χ1v) is 1.34. The first kappa shape index (κ1) is 22.2. The Morgan fingerprint density at radius 1 is 1.25 bits per heavy atom. The van der Waals surface area contributed by atoms with Gasteiger partial charge in [-0.15, -0.1) is 12.4 Å². The Morgan fingerprint density at radius 2 is 1.25 bits per heavy atom. The minimum absolute atomic E-state index is 0. The highest BCUT2D eigenvalue weighted by Crippen LogP contribution is 1.31. The lowest BCUT2D eigenvalue weighted by Crippen LogP contribution is -0.865. The standard InChI is InChI=1S/CH4S.B.ClH/c1-2;;/h2H,1H3;;1H. The van der Waals surface area contributed by atoms with Crippen LogP contribution in [0.25, 0.3) is 0 Å². The molecule has 0 aromatic heterocycles. The lowest BCUT2D eigenvalue weighted by molar-refractivity contribution is 2.55. The third-order valence-electron chi connectivity index (χ3n) is 0. The fourth-order valence-corrected chi connectivity index (χ4v) is 0. The molecule has 0 heterocycles. The van der Waals surface area contributed by atoms with Gasteiger partial charge in [0.25, 0.3) is 0 Å². The van der Waals surface area contributed by atoms with Gasteiger partial charge in [-0.2, -0.15) is 12.6 Å². The van der Waals surface area contributed by atoms with Gasteiger partial charge in [0.15, 0.2) is 0 Å². The van der Waals surface area contributed by atoms with Crippen molar-refractivity contribution in [3.05, 3.63) is 0 Å². The number of thiol groups is 1. The SMILES string of the molecule is CS.Cl.[B]. The molecule has 0 N–H and O–H groups in total. The van der Waals surface area contributed by atoms with Gasteiger partial charge in [-0.05, 0) is 6.26 Å². The van der Waals surface area contributed by atoms with Crippen molar-refractivity contribution in [3.8, 4) is 0 Å². The van der Waals surface area contributed by atoms with Crippen LogP contribution in [0.4, 0.5) is 0 Å². The smallest absolute Gasteiger partial charge is 0 e. The Morgan fingerprint density at radius 3 is 1.25 bits per heavy atom. The third kappa shape index (κ3) is 15.8. The van der Waals surface area contributed by atoms with E-state index in [2.05, 4.69) is 12.6 Å². The van der Waals surface area contributed by atoms with Crippen LogP contribution in [-0.4, -0.2) is 14.7 Å². The Bertz CT molecular complexity index is 8.00. The normalized spacial score (nSPS) is 1.50. The maximum absolute atomic E-state index is 3.53. The van der Waals surface area contributed by atoms with E-state index in [9.17, 15) is 0 Å². The summed E-state index contributed by atoms with van der Waals surface area (Å²) < 4.78 is 0. The van der Waals surface area contributed by atoms with Gasteiger partial charge < -0.3 is 0 Å². The quantitative estimate of drug-likeness (QED) is 0.330. The largest absolute Gasteiger partial charge is 0.183 e. The average Bonchev–Trinajstić information content (AvgIpc) is 1.00. The number of halogens is 1. The van der Waals surface area contributed by atoms with E-state index < -0.39 is 0 Å². The van der Waals surface area contributed by atoms with E-state index in [1.807, 2.05) is 0 Å². The Labute approximate surface area is 40.4 Å². The molecule has 25 valence electrons. The zero-order valence-corrected chi connectivity index (χ0v) is 4.14. The van der Waals surface area contributed by atoms with Crippen LogP contribution in [0, 0.1) is 0 Å². The van der Waals surface area contributed by atoms with Crippen molar-refractivity contribution in [2.75, 3.05) is 6.26 Å². The van der Waals surface area contributed by atoms with Gasteiger partial charge in [-0.25, -0.2) is 0 Å². The predicted octanol–water partition coefficient (Wildman–Crippen LogP) is 0.587. The molecule has 0 bridgehead atoms. The Hall–Kier alpha value is 0.705. The highest BCUT2D eigenvalue weighted by molar-refractivity contribution is 7.79. The number of rotatable bonds is 0. The molecular formula is CH5BClS. The van der Waals surface area contributed by atoms with Crippen LogP contribution in [0.2, 0.25) is 0 Å². The summed E-state index contributed by atoms with van der Waals surface area (Å²) in [6.45, 7) is 0. The van der Waals surface area contributed by atoms with Crippen LogP contribution in [0.5, 0.6) is 0 Å². The van der Waals surface area contributed by atoms with Crippen molar-refractivity contribution in [2.24, 2.45) is 0 Å². The maximum Gasteiger partial charge on any atom is 0 e. The van der Waals surface area contributed by atoms with Crippen molar-refractivity contribution < 1.29 is 0 Å². The van der Waals surface area contributed by atoms with Crippen LogP contribution in [0.3, 0.4) is 0 Å². The molecule has 0 aliphatic rings. The molecule has 0 fully saturated rings. The van der Waals surface area contributed by atoms with Crippen LogP contribution < -0.4 is 0 Å². The summed E-state index contributed by atoms with van der Waals surface area (Å²) in [6.07, 6.45) is 1.69. The summed E-state index contributed by atoms with van der Waals surface area (Å²) in [4.78, 5) is 0. The van der Waals surface area contributed by atoms with E-state index in [1.54, 1.807) is 6.26 Å². The van der Waals surface area contributed by atoms with Crippen molar-refractivity contribution in [3.63, 3.8) is 0 Å². The van der Waals surface area contributed by atoms with Gasteiger partial charge in [0.2, 0.25) is 0 Å². The molecule has 4 heavy (non-hydrogen) atoms. The molecule has 0 amide bonds. The van der Waals surface area contributed by atoms with Crippen LogP contribution in [-0.2, 0) is 0 Å². The van der Waals surface area contributed by atoms with Crippen molar-refractivity contribution in [1.82, 2.24) is 0 Å². The summed E-state index contributed by atoms with van der Waals surface area (Å²) >= 11 is 3.53. The molecule has 0 aliphatic carbocycles. The zero-order chi connectivity index (χ0) is 2.00. The fraction of sp³-hybridized carbons (Fsp3) is 1.00. The number of hydrogen-bond acceptors (Lipinski definition) is 1. The molecule has 0 saturated heterocycles. The second-order valence-electron chi connectivity index (χ2n) is 0. The zero-order valence-electron chi connectivity index (χ0n) is 2.43. The maximum atomic E-state index is 3.53. The molecular weight excluding hydrogens is 90.3 g/mol. The van der Waals surface area contributed by atoms with Gasteiger partial charge in [-0.3, -0.25) is 0 Å². The molecule has 0 atom stereocenters. The lowest BCUT2D eigenvalue weighted by atomic mass is 10.8. The average molecular weight is 95.4 g/mol. The summed E-state index contributed by atoms with van der Waals surface area (Å²) in [5.41, 5.74) is 0. The van der Waals surface area contributed by atoms with Gasteiger partial charge in [-0.1, -0.05) is 0 Å². The minimum atomic E-state index is 0. The summed E-state index contributed by atoms with van der Waals surface area (Å²) in [5, 5.41) is 0. The second kappa shape index (κ2) is 54.6. The van der Waals surface area contributed by atoms with E-state index >= 15 is 0 Å². The van der Waals surface area contributed by atoms with Crippen molar-refractivity contribution in [2.45, 2.75) is 0 Å². The summed E-state index contributed by atoms with van der Waals surface area (Å²) in [6, 6.07) is 0. The van der Waals surface area contributed by atoms with Gasteiger partial charge in [0.1, 0.15) is 0 Å². The van der Waals surface area contributed by atoms with E-state index in [0.717, 1.165) is 0 Å².